The molecule has 0 radical (unpaired) electrons. The maximum Gasteiger partial charge on any atom is 0.341 e. The number of nitrogens with one attached hydrogen (secondary N) is 2. The Labute approximate surface area is 207 Å². The van der Waals surface area contributed by atoms with E-state index >= 15 is 0 Å². The van der Waals surface area contributed by atoms with E-state index < -0.39 is 6.04 Å². The first-order chi connectivity index (χ1) is 16.6. The smallest absolute Gasteiger partial charge is 0.341 e. The van der Waals surface area contributed by atoms with Gasteiger partial charge in [-0.05, 0) is 56.1 Å². The molecule has 1 aromatic heterocycles. The molecule has 1 amide bonds. The Bertz CT molecular complexity index is 964. The molecule has 5 nitrogen and oxygen atoms in total. The molecule has 1 saturated carbocycles. The molecular weight excluding hydrogens is 444 g/mol. The van der Waals surface area contributed by atoms with Gasteiger partial charge in [-0.2, -0.15) is 0 Å². The number of ether oxygens (including phenoxy) is 1. The van der Waals surface area contributed by atoms with Crippen LogP contribution in [-0.4, -0.2) is 24.5 Å². The average Bonchev–Trinajstić information content (AvgIpc) is 3.15. The van der Waals surface area contributed by atoms with Gasteiger partial charge in [0.1, 0.15) is 11.0 Å². The predicted molar refractivity (Wildman–Crippen MR) is 139 cm³/mol. The number of fused-ring (bicyclic) bond motifs is 1. The van der Waals surface area contributed by atoms with Crippen molar-refractivity contribution in [1.29, 1.82) is 0 Å². The van der Waals surface area contributed by atoms with E-state index in [1.165, 1.54) is 37.0 Å². The largest absolute Gasteiger partial charge is 0.462 e. The summed E-state index contributed by atoms with van der Waals surface area (Å²) < 4.78 is 5.39. The minimum Gasteiger partial charge on any atom is -0.462 e. The lowest BCUT2D eigenvalue weighted by atomic mass is 9.88. The number of amides is 1. The van der Waals surface area contributed by atoms with Gasteiger partial charge in [0, 0.05) is 10.9 Å². The minimum atomic E-state index is -0.460. The summed E-state index contributed by atoms with van der Waals surface area (Å²) in [5.41, 5.74) is 2.59. The van der Waals surface area contributed by atoms with Crippen LogP contribution in [0.4, 0.5) is 5.00 Å². The summed E-state index contributed by atoms with van der Waals surface area (Å²) >= 11 is 1.55. The quantitative estimate of drug-likeness (QED) is 0.446. The summed E-state index contributed by atoms with van der Waals surface area (Å²) in [4.78, 5) is 27.8. The van der Waals surface area contributed by atoms with E-state index in [0.29, 0.717) is 29.1 Å². The van der Waals surface area contributed by atoms with Crippen LogP contribution in [0.5, 0.6) is 0 Å². The molecule has 184 valence electrons. The lowest BCUT2D eigenvalue weighted by Crippen LogP contribution is -2.40. The van der Waals surface area contributed by atoms with Gasteiger partial charge in [-0.15, -0.1) is 11.3 Å². The van der Waals surface area contributed by atoms with Crippen molar-refractivity contribution < 1.29 is 14.3 Å². The Hall–Kier alpha value is -2.18. The van der Waals surface area contributed by atoms with Crippen molar-refractivity contribution in [2.45, 2.75) is 90.1 Å². The van der Waals surface area contributed by atoms with Crippen LogP contribution in [-0.2, 0) is 22.4 Å². The second-order valence-corrected chi connectivity index (χ2v) is 10.9. The van der Waals surface area contributed by atoms with E-state index in [-0.39, 0.29) is 11.9 Å². The van der Waals surface area contributed by atoms with Crippen LogP contribution in [0, 0.1) is 5.92 Å². The third-order valence-electron chi connectivity index (χ3n) is 7.13. The molecule has 1 aromatic carbocycles. The van der Waals surface area contributed by atoms with Crippen LogP contribution in [0.15, 0.2) is 30.3 Å². The van der Waals surface area contributed by atoms with Gasteiger partial charge in [0.05, 0.1) is 12.2 Å². The van der Waals surface area contributed by atoms with Crippen LogP contribution >= 0.6 is 11.3 Å². The normalized spacial score (nSPS) is 20.0. The molecule has 2 N–H and O–H groups in total. The fourth-order valence-corrected chi connectivity index (χ4v) is 6.67. The van der Waals surface area contributed by atoms with Crippen LogP contribution in [0.1, 0.15) is 97.6 Å². The fourth-order valence-electron chi connectivity index (χ4n) is 5.27. The molecule has 2 aliphatic carbocycles. The molecule has 0 saturated heterocycles. The van der Waals surface area contributed by atoms with Gasteiger partial charge in [-0.25, -0.2) is 4.79 Å². The molecule has 0 unspecified atom stereocenters. The van der Waals surface area contributed by atoms with Gasteiger partial charge in [0.15, 0.2) is 0 Å². The van der Waals surface area contributed by atoms with E-state index in [1.807, 2.05) is 37.3 Å². The van der Waals surface area contributed by atoms with Crippen LogP contribution in [0.3, 0.4) is 0 Å². The third kappa shape index (κ3) is 6.08. The number of thiophene rings is 1. The monoisotopic (exact) mass is 482 g/mol. The number of esters is 1. The molecule has 1 heterocycles. The van der Waals surface area contributed by atoms with Crippen molar-refractivity contribution in [3.63, 3.8) is 0 Å². The first-order valence-electron chi connectivity index (χ1n) is 13.0. The highest BCUT2D eigenvalue weighted by molar-refractivity contribution is 7.17. The Morgan fingerprint density at radius 1 is 1.06 bits per heavy atom. The van der Waals surface area contributed by atoms with E-state index in [2.05, 4.69) is 17.6 Å². The lowest BCUT2D eigenvalue weighted by molar-refractivity contribution is -0.118. The predicted octanol–water partition coefficient (Wildman–Crippen LogP) is 6.43. The van der Waals surface area contributed by atoms with E-state index in [0.717, 1.165) is 43.2 Å². The third-order valence-corrected chi connectivity index (χ3v) is 8.30. The van der Waals surface area contributed by atoms with Gasteiger partial charge >= 0.3 is 5.97 Å². The molecule has 2 atom stereocenters. The highest BCUT2D eigenvalue weighted by atomic mass is 32.1. The van der Waals surface area contributed by atoms with Crippen LogP contribution in [0.25, 0.3) is 0 Å². The summed E-state index contributed by atoms with van der Waals surface area (Å²) in [7, 11) is 0. The summed E-state index contributed by atoms with van der Waals surface area (Å²) in [6.07, 6.45) is 11.3. The molecule has 0 spiro atoms. The number of rotatable bonds is 7. The SMILES string of the molecule is CCOC(=O)c1c(NC(=O)[C@@H](NC2CCCCCCC2)c2ccccc2)sc2c1CC[C@H](C)C2. The first kappa shape index (κ1) is 24.9. The highest BCUT2D eigenvalue weighted by Gasteiger charge is 2.31. The number of carbonyl (C=O) groups excluding carboxylic acids is 2. The Morgan fingerprint density at radius 3 is 2.47 bits per heavy atom. The van der Waals surface area contributed by atoms with Gasteiger partial charge < -0.3 is 10.1 Å². The number of benzene rings is 1. The van der Waals surface area contributed by atoms with Crippen molar-refractivity contribution in [2.24, 2.45) is 5.92 Å². The van der Waals surface area contributed by atoms with Crippen molar-refractivity contribution in [2.75, 3.05) is 11.9 Å². The lowest BCUT2D eigenvalue weighted by Gasteiger charge is -2.27. The molecule has 2 aliphatic rings. The second-order valence-electron chi connectivity index (χ2n) is 9.82. The number of hydrogen-bond acceptors (Lipinski definition) is 5. The standard InChI is InChI=1S/C28H38N2O3S/c1-3-33-28(32)24-22-17-16-19(2)18-23(22)34-27(24)30-26(31)25(20-12-8-7-9-13-20)29-21-14-10-5-4-6-11-15-21/h7-9,12-13,19,21,25,29H,3-6,10-11,14-18H2,1-2H3,(H,30,31)/t19-,25-/m0/s1. The Kier molecular flexibility index (Phi) is 8.79. The van der Waals surface area contributed by atoms with E-state index in [9.17, 15) is 9.59 Å². The number of hydrogen-bond donors (Lipinski definition) is 2. The zero-order chi connectivity index (χ0) is 23.9. The molecule has 4 rings (SSSR count). The summed E-state index contributed by atoms with van der Waals surface area (Å²) in [5.74, 6) is 0.155. The molecule has 2 aromatic rings. The molecule has 6 heteroatoms. The Morgan fingerprint density at radius 2 is 1.76 bits per heavy atom. The van der Waals surface area contributed by atoms with Crippen LogP contribution in [0.2, 0.25) is 0 Å². The van der Waals surface area contributed by atoms with E-state index in [4.69, 9.17) is 4.74 Å². The second kappa shape index (κ2) is 12.0. The zero-order valence-electron chi connectivity index (χ0n) is 20.5. The zero-order valence-corrected chi connectivity index (χ0v) is 21.3. The minimum absolute atomic E-state index is 0.106. The maximum absolute atomic E-state index is 13.7. The highest BCUT2D eigenvalue weighted by Crippen LogP contribution is 2.40. The first-order valence-corrected chi connectivity index (χ1v) is 13.8. The fraction of sp³-hybridized carbons (Fsp3) is 0.571. The van der Waals surface area contributed by atoms with Crippen molar-refractivity contribution in [1.82, 2.24) is 5.32 Å². The molecular formula is C28H38N2O3S. The van der Waals surface area contributed by atoms with Crippen molar-refractivity contribution in [3.05, 3.63) is 51.9 Å². The van der Waals surface area contributed by atoms with E-state index in [1.54, 1.807) is 11.3 Å². The summed E-state index contributed by atoms with van der Waals surface area (Å²) in [5, 5.41) is 7.47. The molecule has 1 fully saturated rings. The van der Waals surface area contributed by atoms with Crippen LogP contribution < -0.4 is 10.6 Å². The maximum atomic E-state index is 13.7. The van der Waals surface area contributed by atoms with Gasteiger partial charge in [-0.3, -0.25) is 10.1 Å². The average molecular weight is 483 g/mol. The number of carbonyl (C=O) groups is 2. The van der Waals surface area contributed by atoms with Gasteiger partial charge in [-0.1, -0.05) is 69.4 Å². The van der Waals surface area contributed by atoms with Gasteiger partial charge in [0.25, 0.3) is 0 Å². The van der Waals surface area contributed by atoms with Crippen molar-refractivity contribution >= 4 is 28.2 Å². The molecule has 0 aliphatic heterocycles. The van der Waals surface area contributed by atoms with Crippen molar-refractivity contribution in [3.8, 4) is 0 Å². The topological polar surface area (TPSA) is 67.4 Å². The molecule has 0 bridgehead atoms. The summed E-state index contributed by atoms with van der Waals surface area (Å²) in [6, 6.07) is 9.80. The van der Waals surface area contributed by atoms with Gasteiger partial charge in [0.2, 0.25) is 5.91 Å². The summed E-state index contributed by atoms with van der Waals surface area (Å²) in [6.45, 7) is 4.39. The molecule has 34 heavy (non-hydrogen) atoms. The Balaban J connectivity index is 1.60. The number of anilines is 1.